The van der Waals surface area contributed by atoms with Crippen molar-refractivity contribution in [2.24, 2.45) is 0 Å². The van der Waals surface area contributed by atoms with Crippen molar-refractivity contribution in [2.45, 2.75) is 33.1 Å². The minimum atomic E-state index is -0.512. The van der Waals surface area contributed by atoms with E-state index in [0.29, 0.717) is 11.5 Å². The molecule has 0 saturated heterocycles. The first-order valence-corrected chi connectivity index (χ1v) is 8.70. The number of amides is 1. The Bertz CT molecular complexity index is 834. The number of hydrogen-bond acceptors (Lipinski definition) is 4. The van der Waals surface area contributed by atoms with Gasteiger partial charge in [-0.2, -0.15) is 0 Å². The lowest BCUT2D eigenvalue weighted by Gasteiger charge is -2.12. The highest BCUT2D eigenvalue weighted by molar-refractivity contribution is 7.80. The molecule has 0 aromatic heterocycles. The summed E-state index contributed by atoms with van der Waals surface area (Å²) in [4.78, 5) is 22.7. The molecule has 2 aromatic carbocycles. The van der Waals surface area contributed by atoms with E-state index in [1.165, 1.54) is 23.8 Å². The van der Waals surface area contributed by atoms with Crippen LogP contribution in [0, 0.1) is 17.0 Å². The van der Waals surface area contributed by atoms with E-state index in [2.05, 4.69) is 24.5 Å². The fraction of sp³-hybridized carbons (Fsp3) is 0.263. The first kappa shape index (κ1) is 19.5. The van der Waals surface area contributed by atoms with Crippen LogP contribution in [0.5, 0.6) is 0 Å². The van der Waals surface area contributed by atoms with E-state index in [1.54, 1.807) is 6.92 Å². The average Bonchev–Trinajstić information content (AvgIpc) is 2.61. The van der Waals surface area contributed by atoms with Crippen LogP contribution in [-0.2, 0) is 0 Å². The molecule has 136 valence electrons. The molecule has 0 radical (unpaired) electrons. The Hall–Kier alpha value is -2.80. The predicted molar refractivity (Wildman–Crippen MR) is 107 cm³/mol. The van der Waals surface area contributed by atoms with Gasteiger partial charge in [-0.05, 0) is 55.2 Å². The molecule has 1 amide bonds. The van der Waals surface area contributed by atoms with Crippen molar-refractivity contribution in [3.8, 4) is 0 Å². The van der Waals surface area contributed by atoms with Crippen molar-refractivity contribution in [1.82, 2.24) is 5.32 Å². The van der Waals surface area contributed by atoms with Gasteiger partial charge in [-0.25, -0.2) is 0 Å². The highest BCUT2D eigenvalue weighted by atomic mass is 32.1. The van der Waals surface area contributed by atoms with Crippen molar-refractivity contribution >= 4 is 34.6 Å². The van der Waals surface area contributed by atoms with Gasteiger partial charge in [0, 0.05) is 22.9 Å². The molecule has 1 atom stereocenters. The second-order valence-electron chi connectivity index (χ2n) is 6.10. The lowest BCUT2D eigenvalue weighted by Crippen LogP contribution is -2.34. The van der Waals surface area contributed by atoms with Gasteiger partial charge in [0.05, 0.1) is 4.92 Å². The number of nitro groups is 1. The number of nitrogens with one attached hydrogen (secondary N) is 2. The van der Waals surface area contributed by atoms with Crippen LogP contribution in [0.15, 0.2) is 42.5 Å². The predicted octanol–water partition coefficient (Wildman–Crippen LogP) is 4.54. The van der Waals surface area contributed by atoms with Gasteiger partial charge in [0.25, 0.3) is 11.6 Å². The Balaban J connectivity index is 2.02. The van der Waals surface area contributed by atoms with Gasteiger partial charge in [-0.1, -0.05) is 32.0 Å². The van der Waals surface area contributed by atoms with E-state index >= 15 is 0 Å². The number of rotatable bonds is 5. The fourth-order valence-electron chi connectivity index (χ4n) is 2.42. The smallest absolute Gasteiger partial charge is 0.273 e. The molecule has 0 aliphatic rings. The number of nitro benzene ring substituents is 1. The zero-order valence-corrected chi connectivity index (χ0v) is 15.7. The van der Waals surface area contributed by atoms with Crippen LogP contribution < -0.4 is 10.6 Å². The molecule has 2 N–H and O–H groups in total. The number of carbonyl (C=O) groups excluding carboxylic acids is 1. The summed E-state index contributed by atoms with van der Waals surface area (Å²) in [5, 5.41) is 16.6. The molecule has 0 aliphatic heterocycles. The third-order valence-corrected chi connectivity index (χ3v) is 4.45. The van der Waals surface area contributed by atoms with Crippen LogP contribution in [-0.4, -0.2) is 15.9 Å². The number of nitrogens with zero attached hydrogens (tertiary/aromatic N) is 1. The van der Waals surface area contributed by atoms with Crippen LogP contribution >= 0.6 is 12.2 Å². The minimum Gasteiger partial charge on any atom is -0.332 e. The first-order valence-electron chi connectivity index (χ1n) is 8.29. The largest absolute Gasteiger partial charge is 0.332 e. The topological polar surface area (TPSA) is 84.3 Å². The molecule has 2 rings (SSSR count). The third kappa shape index (κ3) is 4.86. The summed E-state index contributed by atoms with van der Waals surface area (Å²) in [7, 11) is 0. The van der Waals surface area contributed by atoms with E-state index in [4.69, 9.17) is 12.2 Å². The van der Waals surface area contributed by atoms with Crippen LogP contribution in [0.25, 0.3) is 0 Å². The lowest BCUT2D eigenvalue weighted by atomic mass is 9.99. The Morgan fingerprint density at radius 2 is 1.88 bits per heavy atom. The van der Waals surface area contributed by atoms with Gasteiger partial charge in [0.2, 0.25) is 0 Å². The molecule has 0 aliphatic carbocycles. The standard InChI is InChI=1S/C19H21N3O3S/c1-4-12(2)14-7-9-16(10-8-14)20-19(26)21-18(23)15-6-5-13(3)17(11-15)22(24)25/h5-12H,4H2,1-3H3,(H2,20,21,23,26). The highest BCUT2D eigenvalue weighted by Gasteiger charge is 2.15. The van der Waals surface area contributed by atoms with E-state index in [-0.39, 0.29) is 16.4 Å². The van der Waals surface area contributed by atoms with Gasteiger partial charge < -0.3 is 5.32 Å². The Morgan fingerprint density at radius 1 is 1.23 bits per heavy atom. The van der Waals surface area contributed by atoms with Crippen molar-refractivity contribution in [2.75, 3.05) is 5.32 Å². The second-order valence-corrected chi connectivity index (χ2v) is 6.51. The third-order valence-electron chi connectivity index (χ3n) is 4.25. The second kappa shape index (κ2) is 8.53. The number of carbonyl (C=O) groups is 1. The zero-order chi connectivity index (χ0) is 19.3. The van der Waals surface area contributed by atoms with Gasteiger partial charge >= 0.3 is 0 Å². The maximum atomic E-state index is 12.3. The van der Waals surface area contributed by atoms with Crippen molar-refractivity contribution in [1.29, 1.82) is 0 Å². The molecular weight excluding hydrogens is 350 g/mol. The lowest BCUT2D eigenvalue weighted by molar-refractivity contribution is -0.385. The van der Waals surface area contributed by atoms with Gasteiger partial charge in [0.1, 0.15) is 0 Å². The first-order chi connectivity index (χ1) is 12.3. The quantitative estimate of drug-likeness (QED) is 0.458. The van der Waals surface area contributed by atoms with Crippen LogP contribution in [0.3, 0.4) is 0 Å². The van der Waals surface area contributed by atoms with Crippen molar-refractivity contribution in [3.05, 3.63) is 69.3 Å². The summed E-state index contributed by atoms with van der Waals surface area (Å²) < 4.78 is 0. The molecule has 6 nitrogen and oxygen atoms in total. The van der Waals surface area contributed by atoms with Crippen LogP contribution in [0.2, 0.25) is 0 Å². The molecule has 26 heavy (non-hydrogen) atoms. The summed E-state index contributed by atoms with van der Waals surface area (Å²) in [6.07, 6.45) is 1.06. The Labute approximate surface area is 157 Å². The number of hydrogen-bond donors (Lipinski definition) is 2. The minimum absolute atomic E-state index is 0.0999. The summed E-state index contributed by atoms with van der Waals surface area (Å²) in [6.45, 7) is 5.92. The molecule has 0 bridgehead atoms. The monoisotopic (exact) mass is 371 g/mol. The summed E-state index contributed by atoms with van der Waals surface area (Å²) in [5.41, 5.74) is 2.57. The van der Waals surface area contributed by atoms with Crippen molar-refractivity contribution in [3.63, 3.8) is 0 Å². The van der Waals surface area contributed by atoms with Crippen LogP contribution in [0.4, 0.5) is 11.4 Å². The molecule has 7 heteroatoms. The molecule has 2 aromatic rings. The Kier molecular flexibility index (Phi) is 6.41. The Morgan fingerprint density at radius 3 is 2.46 bits per heavy atom. The molecule has 0 saturated carbocycles. The summed E-state index contributed by atoms with van der Waals surface area (Å²) >= 11 is 5.15. The molecule has 0 spiro atoms. The maximum Gasteiger partial charge on any atom is 0.273 e. The van der Waals surface area contributed by atoms with Crippen molar-refractivity contribution < 1.29 is 9.72 Å². The van der Waals surface area contributed by atoms with Gasteiger partial charge in [-0.3, -0.25) is 20.2 Å². The molecule has 0 heterocycles. The van der Waals surface area contributed by atoms with E-state index < -0.39 is 10.8 Å². The van der Waals surface area contributed by atoms with Crippen LogP contribution in [0.1, 0.15) is 47.7 Å². The summed E-state index contributed by atoms with van der Waals surface area (Å²) in [6, 6.07) is 12.1. The number of anilines is 1. The summed E-state index contributed by atoms with van der Waals surface area (Å²) in [5.74, 6) is -0.0187. The SMILES string of the molecule is CCC(C)c1ccc(NC(=S)NC(=O)c2ccc(C)c([N+](=O)[O-])c2)cc1. The molecule has 0 fully saturated rings. The normalized spacial score (nSPS) is 11.5. The zero-order valence-electron chi connectivity index (χ0n) is 14.9. The van der Waals surface area contributed by atoms with Gasteiger partial charge in [-0.15, -0.1) is 0 Å². The number of aryl methyl sites for hydroxylation is 1. The average molecular weight is 371 g/mol. The van der Waals surface area contributed by atoms with E-state index in [9.17, 15) is 14.9 Å². The highest BCUT2D eigenvalue weighted by Crippen LogP contribution is 2.21. The van der Waals surface area contributed by atoms with E-state index in [1.807, 2.05) is 24.3 Å². The molecule has 1 unspecified atom stereocenters. The molecular formula is C19H21N3O3S. The van der Waals surface area contributed by atoms with E-state index in [0.717, 1.165) is 12.1 Å². The fourth-order valence-corrected chi connectivity index (χ4v) is 2.63. The van der Waals surface area contributed by atoms with Gasteiger partial charge in [0.15, 0.2) is 5.11 Å². The number of thiocarbonyl (C=S) groups is 1. The number of benzene rings is 2. The maximum absolute atomic E-state index is 12.3.